The number of nitrogens with two attached hydrogens (primary N) is 1. The van der Waals surface area contributed by atoms with Gasteiger partial charge in [-0.3, -0.25) is 4.99 Å². The highest BCUT2D eigenvalue weighted by Gasteiger charge is 2.46. The van der Waals surface area contributed by atoms with Crippen molar-refractivity contribution < 1.29 is 9.47 Å². The Balaban J connectivity index is 1.69. The lowest BCUT2D eigenvalue weighted by atomic mass is 9.79. The highest BCUT2D eigenvalue weighted by atomic mass is 127. The minimum Gasteiger partial charge on any atom is -0.493 e. The zero-order chi connectivity index (χ0) is 20.5. The van der Waals surface area contributed by atoms with Crippen LogP contribution in [0.15, 0.2) is 41.5 Å². The first-order chi connectivity index (χ1) is 13.9. The number of ether oxygens (including phenoxy) is 2. The molecule has 1 aromatic heterocycles. The second-order valence-electron chi connectivity index (χ2n) is 7.67. The number of anilines is 2. The summed E-state index contributed by atoms with van der Waals surface area (Å²) in [5, 5.41) is 4.05. The lowest BCUT2D eigenvalue weighted by Crippen LogP contribution is -2.45. The topological polar surface area (TPSA) is 81.8 Å². The summed E-state index contributed by atoms with van der Waals surface area (Å²) in [5.74, 6) is 1.40. The van der Waals surface area contributed by atoms with Crippen LogP contribution in [0.25, 0.3) is 0 Å². The van der Waals surface area contributed by atoms with Crippen LogP contribution < -0.4 is 15.8 Å². The van der Waals surface area contributed by atoms with Crippen LogP contribution in [0, 0.1) is 3.57 Å². The molecule has 1 atom stereocenters. The Morgan fingerprint density at radius 1 is 1.28 bits per heavy atom. The van der Waals surface area contributed by atoms with Gasteiger partial charge >= 0.3 is 0 Å². The molecule has 0 bridgehead atoms. The Bertz CT molecular complexity index is 933. The summed E-state index contributed by atoms with van der Waals surface area (Å²) in [6.45, 7) is 3.77. The van der Waals surface area contributed by atoms with Crippen LogP contribution in [0.1, 0.15) is 31.7 Å². The van der Waals surface area contributed by atoms with Crippen molar-refractivity contribution in [1.82, 2.24) is 4.98 Å². The van der Waals surface area contributed by atoms with E-state index in [1.165, 1.54) is 9.13 Å². The molecule has 154 valence electrons. The molecule has 4 rings (SSSR count). The molecule has 0 unspecified atom stereocenters. The van der Waals surface area contributed by atoms with Crippen LogP contribution in [0.3, 0.4) is 0 Å². The third-order valence-electron chi connectivity index (χ3n) is 5.55. The van der Waals surface area contributed by atoms with Gasteiger partial charge in [0.25, 0.3) is 0 Å². The molecule has 0 amide bonds. The molecule has 3 N–H and O–H groups in total. The Morgan fingerprint density at radius 2 is 2.07 bits per heavy atom. The number of rotatable bonds is 4. The molecular weight excluding hydrogens is 499 g/mol. The second kappa shape index (κ2) is 8.31. The molecule has 0 radical (unpaired) electrons. The van der Waals surface area contributed by atoms with E-state index >= 15 is 0 Å². The normalized spacial score (nSPS) is 23.5. The summed E-state index contributed by atoms with van der Waals surface area (Å²) >= 11 is 4.12. The van der Waals surface area contributed by atoms with Crippen LogP contribution in [-0.4, -0.2) is 35.2 Å². The van der Waals surface area contributed by atoms with E-state index in [1.807, 2.05) is 12.1 Å². The van der Waals surface area contributed by atoms with E-state index < -0.39 is 0 Å². The first-order valence-electron chi connectivity index (χ1n) is 9.61. The van der Waals surface area contributed by atoms with E-state index in [-0.39, 0.29) is 10.3 Å². The number of pyridine rings is 1. The van der Waals surface area contributed by atoms with Crippen LogP contribution in [0.2, 0.25) is 0 Å². The lowest BCUT2D eigenvalue weighted by molar-refractivity contribution is 0.0692. The zero-order valence-electron chi connectivity index (χ0n) is 16.6. The summed E-state index contributed by atoms with van der Waals surface area (Å²) in [6.07, 6.45) is 4.70. The van der Waals surface area contributed by atoms with E-state index in [0.29, 0.717) is 16.7 Å². The van der Waals surface area contributed by atoms with Gasteiger partial charge in [0.15, 0.2) is 16.7 Å². The number of nitrogens with one attached hydrogen (secondary N) is 1. The van der Waals surface area contributed by atoms with Crippen molar-refractivity contribution in [2.45, 2.75) is 36.5 Å². The van der Waals surface area contributed by atoms with Gasteiger partial charge in [-0.2, -0.15) is 0 Å². The number of aromatic nitrogens is 1. The molecule has 2 aromatic rings. The molecule has 1 fully saturated rings. The predicted octanol–water partition coefficient (Wildman–Crippen LogP) is 4.65. The number of aliphatic imine (C=N–C) groups is 1. The quantitative estimate of drug-likeness (QED) is 0.567. The molecule has 3 heterocycles. The number of thioether (sulfide) groups is 1. The van der Waals surface area contributed by atoms with Crippen LogP contribution in [-0.2, 0) is 10.3 Å². The minimum atomic E-state index is -0.380. The third-order valence-corrected chi connectivity index (χ3v) is 7.78. The summed E-state index contributed by atoms with van der Waals surface area (Å²) in [6, 6.07) is 10.1. The van der Waals surface area contributed by atoms with Crippen LogP contribution in [0.5, 0.6) is 5.75 Å². The van der Waals surface area contributed by atoms with E-state index in [0.717, 1.165) is 38.2 Å². The molecule has 6 nitrogen and oxygen atoms in total. The molecule has 0 aliphatic carbocycles. The molecule has 2 aliphatic heterocycles. The van der Waals surface area contributed by atoms with Gasteiger partial charge in [0.05, 0.1) is 12.6 Å². The van der Waals surface area contributed by atoms with Gasteiger partial charge in [0.1, 0.15) is 0 Å². The van der Waals surface area contributed by atoms with Gasteiger partial charge in [-0.25, -0.2) is 4.98 Å². The van der Waals surface area contributed by atoms with E-state index in [4.69, 9.17) is 20.2 Å². The fourth-order valence-electron chi connectivity index (χ4n) is 4.17. The molecule has 29 heavy (non-hydrogen) atoms. The SMILES string of the molecule is COc1cccnc1Nc1ccc(I)c([C@]2(C)CC3(CCOCC3)SC(N)=N2)c1. The van der Waals surface area contributed by atoms with E-state index in [9.17, 15) is 0 Å². The van der Waals surface area contributed by atoms with E-state index in [2.05, 4.69) is 58.0 Å². The number of hydrogen-bond acceptors (Lipinski definition) is 7. The Hall–Kier alpha value is -1.52. The second-order valence-corrected chi connectivity index (χ2v) is 10.3. The summed E-state index contributed by atoms with van der Waals surface area (Å²) in [4.78, 5) is 9.32. The van der Waals surface area contributed by atoms with Crippen molar-refractivity contribution in [3.63, 3.8) is 0 Å². The number of hydrogen-bond donors (Lipinski definition) is 2. The number of amidine groups is 1. The minimum absolute atomic E-state index is 0.0928. The lowest BCUT2D eigenvalue weighted by Gasteiger charge is -2.45. The average Bonchev–Trinajstić information content (AvgIpc) is 2.69. The van der Waals surface area contributed by atoms with Gasteiger partial charge in [-0.15, -0.1) is 0 Å². The van der Waals surface area contributed by atoms with Crippen molar-refractivity contribution in [2.24, 2.45) is 10.7 Å². The zero-order valence-corrected chi connectivity index (χ0v) is 19.5. The summed E-state index contributed by atoms with van der Waals surface area (Å²) < 4.78 is 12.3. The Morgan fingerprint density at radius 3 is 2.83 bits per heavy atom. The molecule has 0 saturated carbocycles. The first-order valence-corrected chi connectivity index (χ1v) is 11.5. The highest BCUT2D eigenvalue weighted by Crippen LogP contribution is 2.51. The largest absolute Gasteiger partial charge is 0.493 e. The van der Waals surface area contributed by atoms with E-state index in [1.54, 1.807) is 25.1 Å². The summed E-state index contributed by atoms with van der Waals surface area (Å²) in [7, 11) is 1.65. The van der Waals surface area contributed by atoms with Crippen molar-refractivity contribution in [3.05, 3.63) is 45.7 Å². The van der Waals surface area contributed by atoms with Gasteiger partial charge in [-0.1, -0.05) is 11.8 Å². The average molecular weight is 524 g/mol. The number of nitrogens with zero attached hydrogens (tertiary/aromatic N) is 2. The van der Waals surface area contributed by atoms with Crippen molar-refractivity contribution >= 4 is 51.0 Å². The highest BCUT2D eigenvalue weighted by molar-refractivity contribution is 14.1. The fourth-order valence-corrected chi connectivity index (χ4v) is 6.50. The van der Waals surface area contributed by atoms with Gasteiger partial charge in [0.2, 0.25) is 0 Å². The first kappa shape index (κ1) is 20.7. The van der Waals surface area contributed by atoms with Crippen molar-refractivity contribution in [1.29, 1.82) is 0 Å². The number of halogens is 1. The predicted molar refractivity (Wildman–Crippen MR) is 127 cm³/mol. The molecule has 1 saturated heterocycles. The molecule has 8 heteroatoms. The standard InChI is InChI=1S/C21H25IN4O2S/c1-20(13-21(29-19(23)26-20)7-10-28-11-8-21)15-12-14(5-6-16(15)22)25-18-17(27-2)4-3-9-24-18/h3-6,9,12H,7-8,10-11,13H2,1-2H3,(H2,23,26)(H,24,25)/t20-/m0/s1. The van der Waals surface area contributed by atoms with Crippen molar-refractivity contribution in [3.8, 4) is 5.75 Å². The maximum Gasteiger partial charge on any atom is 0.173 e. The maximum atomic E-state index is 6.33. The molecular formula is C21H25IN4O2S. The fraction of sp³-hybridized carbons (Fsp3) is 0.429. The molecule has 1 aromatic carbocycles. The molecule has 2 aliphatic rings. The smallest absolute Gasteiger partial charge is 0.173 e. The van der Waals surface area contributed by atoms with Crippen LogP contribution in [0.4, 0.5) is 11.5 Å². The Kier molecular flexibility index (Phi) is 5.94. The molecule has 1 spiro atoms. The summed E-state index contributed by atoms with van der Waals surface area (Å²) in [5.41, 5.74) is 8.07. The third kappa shape index (κ3) is 4.34. The van der Waals surface area contributed by atoms with Gasteiger partial charge in [0, 0.05) is 33.4 Å². The van der Waals surface area contributed by atoms with Crippen LogP contribution >= 0.6 is 34.4 Å². The number of methoxy groups -OCH3 is 1. The number of benzene rings is 1. The maximum absolute atomic E-state index is 6.33. The van der Waals surface area contributed by atoms with Gasteiger partial charge < -0.3 is 20.5 Å². The van der Waals surface area contributed by atoms with Crippen molar-refractivity contribution in [2.75, 3.05) is 25.6 Å². The Labute approximate surface area is 189 Å². The monoisotopic (exact) mass is 524 g/mol. The van der Waals surface area contributed by atoms with Gasteiger partial charge in [-0.05, 0) is 84.7 Å².